The zero-order chi connectivity index (χ0) is 21.1. The minimum Gasteiger partial charge on any atom is -0.497 e. The van der Waals surface area contributed by atoms with Crippen molar-refractivity contribution in [3.8, 4) is 11.5 Å². The van der Waals surface area contributed by atoms with Gasteiger partial charge in [0, 0.05) is 16.7 Å². The van der Waals surface area contributed by atoms with Crippen molar-refractivity contribution >= 4 is 11.9 Å². The molecule has 0 saturated heterocycles. The number of allylic oxidation sites excluding steroid dienone is 1. The van der Waals surface area contributed by atoms with Crippen molar-refractivity contribution in [3.63, 3.8) is 0 Å². The van der Waals surface area contributed by atoms with E-state index in [9.17, 15) is 4.79 Å². The van der Waals surface area contributed by atoms with Crippen LogP contribution in [0, 0.1) is 0 Å². The molecule has 0 aliphatic carbocycles. The lowest BCUT2D eigenvalue weighted by atomic mass is 9.78. The molecule has 0 aliphatic rings. The molecule has 3 heteroatoms. The van der Waals surface area contributed by atoms with E-state index in [0.29, 0.717) is 5.56 Å². The molecule has 0 aromatic heterocycles. The topological polar surface area (TPSA) is 35.5 Å². The normalized spacial score (nSPS) is 12.3. The third kappa shape index (κ3) is 5.03. The number of carbonyl (C=O) groups is 1. The standard InChI is InChI=1S/C25H32O3/c1-24(2,3)20-15-17(16-21(23(20)28-8)25(4,5)6)9-14-22(26)18-10-12-19(27-7)13-11-18/h9-16H,1-8H3. The van der Waals surface area contributed by atoms with Crippen LogP contribution in [0.25, 0.3) is 6.08 Å². The van der Waals surface area contributed by atoms with Crippen molar-refractivity contribution in [2.24, 2.45) is 0 Å². The Bertz CT molecular complexity index is 825. The van der Waals surface area contributed by atoms with E-state index in [0.717, 1.165) is 28.2 Å². The lowest BCUT2D eigenvalue weighted by Gasteiger charge is -2.29. The number of rotatable bonds is 5. The van der Waals surface area contributed by atoms with Gasteiger partial charge in [-0.25, -0.2) is 0 Å². The van der Waals surface area contributed by atoms with Crippen molar-refractivity contribution in [2.45, 2.75) is 52.4 Å². The first-order valence-corrected chi connectivity index (χ1v) is 9.57. The summed E-state index contributed by atoms with van der Waals surface area (Å²) in [7, 11) is 3.34. The van der Waals surface area contributed by atoms with E-state index in [1.807, 2.05) is 6.08 Å². The molecule has 0 aliphatic heterocycles. The lowest BCUT2D eigenvalue weighted by Crippen LogP contribution is -2.19. The van der Waals surface area contributed by atoms with Crippen LogP contribution in [-0.2, 0) is 10.8 Å². The average molecular weight is 381 g/mol. The van der Waals surface area contributed by atoms with Gasteiger partial charge in [0.2, 0.25) is 0 Å². The number of ether oxygens (including phenoxy) is 2. The lowest BCUT2D eigenvalue weighted by molar-refractivity contribution is 0.104. The number of ketones is 1. The molecule has 3 nitrogen and oxygen atoms in total. The number of hydrogen-bond donors (Lipinski definition) is 0. The van der Waals surface area contributed by atoms with Gasteiger partial charge in [-0.15, -0.1) is 0 Å². The Kier molecular flexibility index (Phi) is 6.38. The summed E-state index contributed by atoms with van der Waals surface area (Å²) in [4.78, 5) is 12.6. The van der Waals surface area contributed by atoms with Gasteiger partial charge < -0.3 is 9.47 Å². The molecule has 2 aromatic rings. The molecule has 0 heterocycles. The van der Waals surface area contributed by atoms with Crippen LogP contribution >= 0.6 is 0 Å². The monoisotopic (exact) mass is 380 g/mol. The van der Waals surface area contributed by atoms with Crippen molar-refractivity contribution < 1.29 is 14.3 Å². The van der Waals surface area contributed by atoms with Gasteiger partial charge in [0.05, 0.1) is 14.2 Å². The van der Waals surface area contributed by atoms with Crippen LogP contribution in [0.2, 0.25) is 0 Å². The number of benzene rings is 2. The maximum absolute atomic E-state index is 12.6. The van der Waals surface area contributed by atoms with Gasteiger partial charge in [-0.1, -0.05) is 47.6 Å². The molecule has 0 unspecified atom stereocenters. The van der Waals surface area contributed by atoms with Gasteiger partial charge in [0.25, 0.3) is 0 Å². The van der Waals surface area contributed by atoms with E-state index in [1.54, 1.807) is 44.6 Å². The second kappa shape index (κ2) is 8.22. The fraction of sp³-hybridized carbons (Fsp3) is 0.400. The van der Waals surface area contributed by atoms with E-state index < -0.39 is 0 Å². The van der Waals surface area contributed by atoms with Crippen LogP contribution in [-0.4, -0.2) is 20.0 Å². The van der Waals surface area contributed by atoms with E-state index >= 15 is 0 Å². The van der Waals surface area contributed by atoms with E-state index in [2.05, 4.69) is 53.7 Å². The fourth-order valence-corrected chi connectivity index (χ4v) is 3.10. The predicted molar refractivity (Wildman–Crippen MR) is 117 cm³/mol. The van der Waals surface area contributed by atoms with Crippen LogP contribution in [0.1, 0.15) is 68.6 Å². The predicted octanol–water partition coefficient (Wildman–Crippen LogP) is 6.19. The minimum absolute atomic E-state index is 0.0342. The molecule has 0 spiro atoms. The van der Waals surface area contributed by atoms with Crippen molar-refractivity contribution in [3.05, 3.63) is 64.7 Å². The fourth-order valence-electron chi connectivity index (χ4n) is 3.10. The van der Waals surface area contributed by atoms with Crippen molar-refractivity contribution in [2.75, 3.05) is 14.2 Å². The zero-order valence-electron chi connectivity index (χ0n) is 18.3. The number of methoxy groups -OCH3 is 2. The van der Waals surface area contributed by atoms with Crippen LogP contribution in [0.5, 0.6) is 11.5 Å². The third-order valence-electron chi connectivity index (χ3n) is 4.73. The molecule has 0 atom stereocenters. The Labute approximate surface area is 169 Å². The Morgan fingerprint density at radius 1 is 0.821 bits per heavy atom. The van der Waals surface area contributed by atoms with Gasteiger partial charge in [-0.05, 0) is 58.9 Å². The SMILES string of the molecule is COc1ccc(C(=O)C=Cc2cc(C(C)(C)C)c(OC)c(C(C)(C)C)c2)cc1. The summed E-state index contributed by atoms with van der Waals surface area (Å²) >= 11 is 0. The van der Waals surface area contributed by atoms with Gasteiger partial charge in [0.15, 0.2) is 5.78 Å². The highest BCUT2D eigenvalue weighted by atomic mass is 16.5. The Morgan fingerprint density at radius 2 is 1.32 bits per heavy atom. The first-order valence-electron chi connectivity index (χ1n) is 9.57. The van der Waals surface area contributed by atoms with E-state index in [4.69, 9.17) is 9.47 Å². The molecule has 150 valence electrons. The largest absolute Gasteiger partial charge is 0.497 e. The summed E-state index contributed by atoms with van der Waals surface area (Å²) in [6, 6.07) is 11.4. The van der Waals surface area contributed by atoms with Crippen LogP contribution in [0.3, 0.4) is 0 Å². The van der Waals surface area contributed by atoms with Crippen molar-refractivity contribution in [1.82, 2.24) is 0 Å². The molecular formula is C25H32O3. The van der Waals surface area contributed by atoms with Gasteiger partial charge in [-0.3, -0.25) is 4.79 Å². The van der Waals surface area contributed by atoms with Gasteiger partial charge in [0.1, 0.15) is 11.5 Å². The summed E-state index contributed by atoms with van der Waals surface area (Å²) in [5, 5.41) is 0. The second-order valence-electron chi connectivity index (χ2n) is 9.08. The summed E-state index contributed by atoms with van der Waals surface area (Å²) in [5.41, 5.74) is 3.76. The van der Waals surface area contributed by atoms with Crippen LogP contribution in [0.15, 0.2) is 42.5 Å². The van der Waals surface area contributed by atoms with Crippen LogP contribution in [0.4, 0.5) is 0 Å². The molecule has 0 amide bonds. The molecule has 2 rings (SSSR count). The molecule has 2 aromatic carbocycles. The molecule has 0 bridgehead atoms. The molecule has 0 radical (unpaired) electrons. The van der Waals surface area contributed by atoms with E-state index in [1.165, 1.54) is 0 Å². The summed E-state index contributed by atoms with van der Waals surface area (Å²) < 4.78 is 10.9. The first-order chi connectivity index (χ1) is 13.0. The number of hydrogen-bond acceptors (Lipinski definition) is 3. The third-order valence-corrected chi connectivity index (χ3v) is 4.73. The maximum atomic E-state index is 12.6. The highest BCUT2D eigenvalue weighted by Crippen LogP contribution is 2.40. The molecular weight excluding hydrogens is 348 g/mol. The molecule has 0 saturated carbocycles. The summed E-state index contributed by atoms with van der Waals surface area (Å²) in [6.45, 7) is 13.0. The summed E-state index contributed by atoms with van der Waals surface area (Å²) in [5.74, 6) is 1.63. The minimum atomic E-state index is -0.0742. The average Bonchev–Trinajstić information content (AvgIpc) is 2.63. The maximum Gasteiger partial charge on any atom is 0.185 e. The van der Waals surface area contributed by atoms with Gasteiger partial charge >= 0.3 is 0 Å². The van der Waals surface area contributed by atoms with E-state index in [-0.39, 0.29) is 16.6 Å². The molecule has 0 N–H and O–H groups in total. The first kappa shape index (κ1) is 21.7. The Hall–Kier alpha value is -2.55. The van der Waals surface area contributed by atoms with Gasteiger partial charge in [-0.2, -0.15) is 0 Å². The quantitative estimate of drug-likeness (QED) is 0.458. The Morgan fingerprint density at radius 3 is 1.71 bits per heavy atom. The highest BCUT2D eigenvalue weighted by molar-refractivity contribution is 6.06. The smallest absolute Gasteiger partial charge is 0.185 e. The van der Waals surface area contributed by atoms with Crippen molar-refractivity contribution in [1.29, 1.82) is 0 Å². The molecule has 0 fully saturated rings. The molecule has 28 heavy (non-hydrogen) atoms. The number of carbonyl (C=O) groups excluding carboxylic acids is 1. The highest BCUT2D eigenvalue weighted by Gasteiger charge is 2.27. The van der Waals surface area contributed by atoms with Crippen LogP contribution < -0.4 is 9.47 Å². The Balaban J connectivity index is 2.46. The zero-order valence-corrected chi connectivity index (χ0v) is 18.3. The summed E-state index contributed by atoms with van der Waals surface area (Å²) in [6.07, 6.45) is 3.51. The second-order valence-corrected chi connectivity index (χ2v) is 9.08.